The van der Waals surface area contributed by atoms with Gasteiger partial charge in [0.2, 0.25) is 5.91 Å². The van der Waals surface area contributed by atoms with Gasteiger partial charge in [0, 0.05) is 11.6 Å². The fraction of sp³-hybridized carbons (Fsp3) is 0.462. The molecule has 1 amide bonds. The molecule has 1 aliphatic carbocycles. The molecule has 1 aliphatic rings. The van der Waals surface area contributed by atoms with Crippen LogP contribution in [0.4, 0.5) is 0 Å². The van der Waals surface area contributed by atoms with Crippen LogP contribution in [0.3, 0.4) is 0 Å². The minimum absolute atomic E-state index is 0.0104. The van der Waals surface area contributed by atoms with Crippen LogP contribution in [-0.2, 0) is 4.79 Å². The molecule has 1 fully saturated rings. The van der Waals surface area contributed by atoms with Gasteiger partial charge in [0.05, 0.1) is 11.5 Å². The van der Waals surface area contributed by atoms with Crippen LogP contribution in [0.5, 0.6) is 0 Å². The lowest BCUT2D eigenvalue weighted by atomic mass is 10.0. The van der Waals surface area contributed by atoms with Gasteiger partial charge in [-0.1, -0.05) is 23.7 Å². The third kappa shape index (κ3) is 2.61. The molecule has 3 N–H and O–H groups in total. The fourth-order valence-corrected chi connectivity index (χ4v) is 1.99. The maximum Gasteiger partial charge on any atom is 0.227 e. The number of carbonyl (C=O) groups is 1. The molecule has 2 rings (SSSR count). The summed E-state index contributed by atoms with van der Waals surface area (Å²) < 4.78 is 0. The van der Waals surface area contributed by atoms with Crippen LogP contribution in [0.15, 0.2) is 24.3 Å². The van der Waals surface area contributed by atoms with Gasteiger partial charge >= 0.3 is 0 Å². The second-order valence-electron chi connectivity index (χ2n) is 4.73. The number of amides is 1. The molecular formula is C13H17ClN2O. The normalized spacial score (nSPS) is 18.5. The minimum atomic E-state index is -0.291. The van der Waals surface area contributed by atoms with E-state index in [-0.39, 0.29) is 17.4 Å². The number of halogens is 1. The van der Waals surface area contributed by atoms with Gasteiger partial charge in [-0.2, -0.15) is 0 Å². The predicted octanol–water partition coefficient (Wildman–Crippen LogP) is 2.26. The van der Waals surface area contributed by atoms with E-state index in [1.807, 2.05) is 31.2 Å². The molecule has 3 nitrogen and oxygen atoms in total. The summed E-state index contributed by atoms with van der Waals surface area (Å²) >= 11 is 5.82. The molecule has 0 aromatic heterocycles. The Morgan fingerprint density at radius 1 is 1.47 bits per heavy atom. The summed E-state index contributed by atoms with van der Waals surface area (Å²) in [5.74, 6) is 0.0717. The second kappa shape index (κ2) is 4.67. The molecule has 92 valence electrons. The summed E-state index contributed by atoms with van der Waals surface area (Å²) in [4.78, 5) is 12.0. The first kappa shape index (κ1) is 12.4. The van der Waals surface area contributed by atoms with E-state index in [1.54, 1.807) is 0 Å². The third-order valence-electron chi connectivity index (χ3n) is 3.44. The van der Waals surface area contributed by atoms with Gasteiger partial charge in [0.25, 0.3) is 0 Å². The largest absolute Gasteiger partial charge is 0.349 e. The monoisotopic (exact) mass is 252 g/mol. The zero-order chi connectivity index (χ0) is 12.5. The van der Waals surface area contributed by atoms with Crippen LogP contribution in [0.1, 0.15) is 31.4 Å². The van der Waals surface area contributed by atoms with Gasteiger partial charge in [-0.25, -0.2) is 0 Å². The van der Waals surface area contributed by atoms with E-state index in [0.717, 1.165) is 18.4 Å². The molecule has 0 saturated heterocycles. The van der Waals surface area contributed by atoms with E-state index in [2.05, 4.69) is 5.32 Å². The van der Waals surface area contributed by atoms with Crippen molar-refractivity contribution in [2.75, 3.05) is 6.54 Å². The quantitative estimate of drug-likeness (QED) is 0.864. The van der Waals surface area contributed by atoms with Gasteiger partial charge in [0.1, 0.15) is 0 Å². The number of nitrogens with two attached hydrogens (primary N) is 1. The first-order valence-corrected chi connectivity index (χ1v) is 6.22. The zero-order valence-corrected chi connectivity index (χ0v) is 10.6. The van der Waals surface area contributed by atoms with Gasteiger partial charge in [0.15, 0.2) is 0 Å². The van der Waals surface area contributed by atoms with Crippen molar-refractivity contribution >= 4 is 17.5 Å². The average Bonchev–Trinajstić information content (AvgIpc) is 3.10. The molecule has 17 heavy (non-hydrogen) atoms. The van der Waals surface area contributed by atoms with Crippen molar-refractivity contribution < 1.29 is 4.79 Å². The van der Waals surface area contributed by atoms with E-state index in [0.29, 0.717) is 11.6 Å². The maximum atomic E-state index is 12.0. The lowest BCUT2D eigenvalue weighted by molar-refractivity contribution is -0.126. The highest BCUT2D eigenvalue weighted by atomic mass is 35.5. The fourth-order valence-electron chi connectivity index (χ4n) is 1.86. The Kier molecular flexibility index (Phi) is 3.40. The Balaban J connectivity index is 1.99. The van der Waals surface area contributed by atoms with Gasteiger partial charge in [-0.05, 0) is 37.5 Å². The summed E-state index contributed by atoms with van der Waals surface area (Å²) in [7, 11) is 0. The Hall–Kier alpha value is -1.06. The molecule has 0 unspecified atom stereocenters. The molecule has 0 spiro atoms. The van der Waals surface area contributed by atoms with Crippen LogP contribution < -0.4 is 11.1 Å². The number of hydrogen-bond acceptors (Lipinski definition) is 2. The standard InChI is InChI=1S/C13H17ClN2O/c1-9(10-2-4-11(14)5-3-10)16-12(17)13(8-15)6-7-13/h2-5,9H,6-8,15H2,1H3,(H,16,17)/t9-/m0/s1. The topological polar surface area (TPSA) is 55.1 Å². The summed E-state index contributed by atoms with van der Waals surface area (Å²) in [5, 5.41) is 3.71. The molecule has 1 aromatic rings. The Labute approximate surface area is 106 Å². The van der Waals surface area contributed by atoms with Crippen molar-refractivity contribution in [2.24, 2.45) is 11.1 Å². The highest BCUT2D eigenvalue weighted by Crippen LogP contribution is 2.45. The first-order valence-electron chi connectivity index (χ1n) is 5.84. The van der Waals surface area contributed by atoms with Crippen molar-refractivity contribution in [1.82, 2.24) is 5.32 Å². The number of rotatable bonds is 4. The lowest BCUT2D eigenvalue weighted by Gasteiger charge is -2.18. The predicted molar refractivity (Wildman–Crippen MR) is 68.7 cm³/mol. The Bertz CT molecular complexity index is 412. The summed E-state index contributed by atoms with van der Waals surface area (Å²) in [5.41, 5.74) is 6.39. The zero-order valence-electron chi connectivity index (χ0n) is 9.87. The van der Waals surface area contributed by atoms with Crippen LogP contribution in [-0.4, -0.2) is 12.5 Å². The molecule has 0 radical (unpaired) electrons. The van der Waals surface area contributed by atoms with Crippen molar-refractivity contribution in [3.05, 3.63) is 34.9 Å². The highest BCUT2D eigenvalue weighted by molar-refractivity contribution is 6.30. The molecule has 1 aromatic carbocycles. The summed E-state index contributed by atoms with van der Waals surface area (Å²) in [6.45, 7) is 2.40. The van der Waals surface area contributed by atoms with E-state index in [1.165, 1.54) is 0 Å². The smallest absolute Gasteiger partial charge is 0.227 e. The van der Waals surface area contributed by atoms with Crippen molar-refractivity contribution in [3.8, 4) is 0 Å². The first-order chi connectivity index (χ1) is 8.07. The van der Waals surface area contributed by atoms with Crippen LogP contribution in [0, 0.1) is 5.41 Å². The molecular weight excluding hydrogens is 236 g/mol. The summed E-state index contributed by atoms with van der Waals surface area (Å²) in [6, 6.07) is 7.50. The van der Waals surface area contributed by atoms with Gasteiger partial charge in [-0.15, -0.1) is 0 Å². The molecule has 4 heteroatoms. The van der Waals surface area contributed by atoms with Crippen LogP contribution >= 0.6 is 11.6 Å². The summed E-state index contributed by atoms with van der Waals surface area (Å²) in [6.07, 6.45) is 1.81. The SMILES string of the molecule is C[C@H](NC(=O)C1(CN)CC1)c1ccc(Cl)cc1. The Morgan fingerprint density at radius 3 is 2.53 bits per heavy atom. The molecule has 0 heterocycles. The van der Waals surface area contributed by atoms with E-state index in [9.17, 15) is 4.79 Å². The van der Waals surface area contributed by atoms with Crippen LogP contribution in [0.25, 0.3) is 0 Å². The van der Waals surface area contributed by atoms with Crippen molar-refractivity contribution in [1.29, 1.82) is 0 Å². The van der Waals surface area contributed by atoms with Crippen molar-refractivity contribution in [2.45, 2.75) is 25.8 Å². The Morgan fingerprint density at radius 2 is 2.06 bits per heavy atom. The highest BCUT2D eigenvalue weighted by Gasteiger charge is 2.48. The van der Waals surface area contributed by atoms with Gasteiger partial charge < -0.3 is 11.1 Å². The maximum absolute atomic E-state index is 12.0. The third-order valence-corrected chi connectivity index (χ3v) is 3.70. The van der Waals surface area contributed by atoms with E-state index < -0.39 is 0 Å². The second-order valence-corrected chi connectivity index (χ2v) is 5.17. The molecule has 0 aliphatic heterocycles. The number of hydrogen-bond donors (Lipinski definition) is 2. The lowest BCUT2D eigenvalue weighted by Crippen LogP contribution is -2.37. The van der Waals surface area contributed by atoms with Crippen LogP contribution in [0.2, 0.25) is 5.02 Å². The van der Waals surface area contributed by atoms with E-state index >= 15 is 0 Å². The van der Waals surface area contributed by atoms with E-state index in [4.69, 9.17) is 17.3 Å². The van der Waals surface area contributed by atoms with Crippen molar-refractivity contribution in [3.63, 3.8) is 0 Å². The van der Waals surface area contributed by atoms with Gasteiger partial charge in [-0.3, -0.25) is 4.79 Å². The average molecular weight is 253 g/mol. The molecule has 1 saturated carbocycles. The number of carbonyl (C=O) groups excluding carboxylic acids is 1. The number of nitrogens with one attached hydrogen (secondary N) is 1. The molecule has 0 bridgehead atoms. The molecule has 1 atom stereocenters. The minimum Gasteiger partial charge on any atom is -0.349 e. The number of benzene rings is 1.